The second-order valence-corrected chi connectivity index (χ2v) is 6.35. The Labute approximate surface area is 118 Å². The van der Waals surface area contributed by atoms with E-state index in [1.165, 1.54) is 24.1 Å². The molecule has 1 aromatic rings. The van der Waals surface area contributed by atoms with Crippen molar-refractivity contribution in [2.24, 2.45) is 11.3 Å². The van der Waals surface area contributed by atoms with Crippen molar-refractivity contribution < 1.29 is 4.74 Å². The summed E-state index contributed by atoms with van der Waals surface area (Å²) in [6, 6.07) is 0. The number of nitrogens with zero attached hydrogens (tertiary/aromatic N) is 1. The van der Waals surface area contributed by atoms with Crippen molar-refractivity contribution in [1.29, 1.82) is 0 Å². The van der Waals surface area contributed by atoms with Gasteiger partial charge in [0.1, 0.15) is 5.75 Å². The number of alkyl halides is 1. The number of aryl methyl sites for hydroxylation is 1. The maximum absolute atomic E-state index is 5.49. The third-order valence-corrected chi connectivity index (χ3v) is 5.47. The zero-order chi connectivity index (χ0) is 13.3. The van der Waals surface area contributed by atoms with E-state index in [0.717, 1.165) is 29.0 Å². The molecule has 3 heteroatoms. The zero-order valence-electron chi connectivity index (χ0n) is 11.7. The van der Waals surface area contributed by atoms with Crippen molar-refractivity contribution in [1.82, 2.24) is 4.98 Å². The van der Waals surface area contributed by atoms with Crippen LogP contribution in [0.3, 0.4) is 0 Å². The molecule has 1 atom stereocenters. The molecule has 1 heterocycles. The Morgan fingerprint density at radius 1 is 1.44 bits per heavy atom. The molecule has 0 saturated heterocycles. The summed E-state index contributed by atoms with van der Waals surface area (Å²) in [5.41, 5.74) is 3.83. The molecule has 0 aromatic carbocycles. The van der Waals surface area contributed by atoms with Gasteiger partial charge in [0.15, 0.2) is 0 Å². The summed E-state index contributed by atoms with van der Waals surface area (Å²) in [5, 5.41) is 1.04. The van der Waals surface area contributed by atoms with Crippen LogP contribution in [0, 0.1) is 25.2 Å². The van der Waals surface area contributed by atoms with Crippen LogP contribution >= 0.6 is 15.9 Å². The Morgan fingerprint density at radius 2 is 2.11 bits per heavy atom. The van der Waals surface area contributed by atoms with Crippen molar-refractivity contribution in [2.45, 2.75) is 40.0 Å². The van der Waals surface area contributed by atoms with Crippen LogP contribution in [0.15, 0.2) is 6.20 Å². The molecule has 0 spiro atoms. The van der Waals surface area contributed by atoms with Crippen LogP contribution in [0.5, 0.6) is 5.75 Å². The van der Waals surface area contributed by atoms with Gasteiger partial charge in [-0.05, 0) is 44.4 Å². The third-order valence-electron chi connectivity index (χ3n) is 4.19. The fourth-order valence-corrected chi connectivity index (χ4v) is 3.37. The summed E-state index contributed by atoms with van der Waals surface area (Å²) in [4.78, 5) is 4.63. The van der Waals surface area contributed by atoms with Gasteiger partial charge in [0.05, 0.1) is 7.11 Å². The van der Waals surface area contributed by atoms with Gasteiger partial charge in [-0.2, -0.15) is 0 Å². The van der Waals surface area contributed by atoms with Gasteiger partial charge in [-0.3, -0.25) is 4.98 Å². The van der Waals surface area contributed by atoms with E-state index >= 15 is 0 Å². The first-order valence-electron chi connectivity index (χ1n) is 6.57. The molecule has 1 aliphatic carbocycles. The van der Waals surface area contributed by atoms with Gasteiger partial charge < -0.3 is 4.74 Å². The van der Waals surface area contributed by atoms with Gasteiger partial charge in [-0.15, -0.1) is 0 Å². The summed E-state index contributed by atoms with van der Waals surface area (Å²) < 4.78 is 5.49. The van der Waals surface area contributed by atoms with Crippen LogP contribution in [0.1, 0.15) is 36.6 Å². The molecule has 0 amide bonds. The van der Waals surface area contributed by atoms with Crippen molar-refractivity contribution >= 4 is 15.9 Å². The molecule has 100 valence electrons. The highest BCUT2D eigenvalue weighted by atomic mass is 79.9. The minimum atomic E-state index is 0.331. The SMILES string of the molecule is COc1c(C)cnc(CC(C)(CBr)C2CC2)c1C. The number of rotatable bonds is 5. The highest BCUT2D eigenvalue weighted by molar-refractivity contribution is 9.09. The van der Waals surface area contributed by atoms with Crippen LogP contribution in [0.4, 0.5) is 0 Å². The largest absolute Gasteiger partial charge is 0.496 e. The van der Waals surface area contributed by atoms with E-state index in [-0.39, 0.29) is 0 Å². The Morgan fingerprint density at radius 3 is 2.61 bits per heavy atom. The second kappa shape index (κ2) is 5.20. The fourth-order valence-electron chi connectivity index (χ4n) is 2.71. The quantitative estimate of drug-likeness (QED) is 0.765. The Bertz CT molecular complexity index is 442. The number of aromatic nitrogens is 1. The van der Waals surface area contributed by atoms with E-state index in [9.17, 15) is 0 Å². The standard InChI is InChI=1S/C15H22BrNO/c1-10-8-17-13(11(2)14(10)18-4)7-15(3,9-16)12-5-6-12/h8,12H,5-7,9H2,1-4H3. The van der Waals surface area contributed by atoms with Crippen LogP contribution in [0.2, 0.25) is 0 Å². The summed E-state index contributed by atoms with van der Waals surface area (Å²) in [6.45, 7) is 6.54. The van der Waals surface area contributed by atoms with Crippen LogP contribution < -0.4 is 4.74 Å². The van der Waals surface area contributed by atoms with Crippen molar-refractivity contribution in [2.75, 3.05) is 12.4 Å². The van der Waals surface area contributed by atoms with Crippen LogP contribution in [-0.4, -0.2) is 17.4 Å². The lowest BCUT2D eigenvalue weighted by molar-refractivity contribution is 0.313. The van der Waals surface area contributed by atoms with Crippen LogP contribution in [-0.2, 0) is 6.42 Å². The molecule has 1 aromatic heterocycles. The molecule has 2 rings (SSSR count). The van der Waals surface area contributed by atoms with E-state index < -0.39 is 0 Å². The molecular formula is C15H22BrNO. The predicted octanol–water partition coefficient (Wildman–Crippen LogP) is 4.06. The molecule has 1 saturated carbocycles. The van der Waals surface area contributed by atoms with Gasteiger partial charge in [0.25, 0.3) is 0 Å². The average Bonchev–Trinajstić information content (AvgIpc) is 3.18. The minimum Gasteiger partial charge on any atom is -0.496 e. The molecule has 2 nitrogen and oxygen atoms in total. The highest BCUT2D eigenvalue weighted by Gasteiger charge is 2.41. The smallest absolute Gasteiger partial charge is 0.128 e. The Hall–Kier alpha value is -0.570. The second-order valence-electron chi connectivity index (χ2n) is 5.78. The number of hydrogen-bond acceptors (Lipinski definition) is 2. The van der Waals surface area contributed by atoms with E-state index in [1.807, 2.05) is 13.1 Å². The number of halogens is 1. The van der Waals surface area contributed by atoms with Gasteiger partial charge in [-0.1, -0.05) is 22.9 Å². The first kappa shape index (κ1) is 13.9. The number of pyridine rings is 1. The molecule has 0 radical (unpaired) electrons. The third kappa shape index (κ3) is 2.56. The van der Waals surface area contributed by atoms with E-state index in [1.54, 1.807) is 7.11 Å². The minimum absolute atomic E-state index is 0.331. The summed E-state index contributed by atoms with van der Waals surface area (Å²) >= 11 is 3.69. The lowest BCUT2D eigenvalue weighted by Crippen LogP contribution is -2.25. The Balaban J connectivity index is 2.28. The lowest BCUT2D eigenvalue weighted by Gasteiger charge is -2.28. The average molecular weight is 312 g/mol. The van der Waals surface area contributed by atoms with Gasteiger partial charge in [0.2, 0.25) is 0 Å². The molecule has 0 aliphatic heterocycles. The monoisotopic (exact) mass is 311 g/mol. The zero-order valence-corrected chi connectivity index (χ0v) is 13.3. The lowest BCUT2D eigenvalue weighted by atomic mass is 9.81. The maximum Gasteiger partial charge on any atom is 0.128 e. The summed E-state index contributed by atoms with van der Waals surface area (Å²) in [5.74, 6) is 1.85. The van der Waals surface area contributed by atoms with E-state index in [0.29, 0.717) is 5.41 Å². The van der Waals surface area contributed by atoms with Crippen molar-refractivity contribution in [3.63, 3.8) is 0 Å². The van der Waals surface area contributed by atoms with Gasteiger partial charge in [-0.25, -0.2) is 0 Å². The first-order valence-corrected chi connectivity index (χ1v) is 7.69. The van der Waals surface area contributed by atoms with Gasteiger partial charge >= 0.3 is 0 Å². The normalized spacial score (nSPS) is 18.5. The van der Waals surface area contributed by atoms with E-state index in [4.69, 9.17) is 4.74 Å². The molecule has 1 aliphatic rings. The van der Waals surface area contributed by atoms with Crippen molar-refractivity contribution in [3.8, 4) is 5.75 Å². The van der Waals surface area contributed by atoms with Gasteiger partial charge in [0, 0.05) is 28.3 Å². The molecule has 0 N–H and O–H groups in total. The number of ether oxygens (including phenoxy) is 1. The topological polar surface area (TPSA) is 22.1 Å². The highest BCUT2D eigenvalue weighted by Crippen LogP contribution is 2.48. The Kier molecular flexibility index (Phi) is 4.00. The molecule has 18 heavy (non-hydrogen) atoms. The first-order chi connectivity index (χ1) is 8.51. The molecule has 1 unspecified atom stereocenters. The maximum atomic E-state index is 5.49. The number of methoxy groups -OCH3 is 1. The molecular weight excluding hydrogens is 290 g/mol. The van der Waals surface area contributed by atoms with E-state index in [2.05, 4.69) is 34.8 Å². The molecule has 1 fully saturated rings. The van der Waals surface area contributed by atoms with Crippen molar-refractivity contribution in [3.05, 3.63) is 23.0 Å². The summed E-state index contributed by atoms with van der Waals surface area (Å²) in [7, 11) is 1.74. The summed E-state index contributed by atoms with van der Waals surface area (Å²) in [6.07, 6.45) is 5.70. The predicted molar refractivity (Wildman–Crippen MR) is 78.6 cm³/mol. The van der Waals surface area contributed by atoms with Crippen LogP contribution in [0.25, 0.3) is 0 Å². The fraction of sp³-hybridized carbons (Fsp3) is 0.667. The number of hydrogen-bond donors (Lipinski definition) is 0. The molecule has 0 bridgehead atoms.